The average Bonchev–Trinajstić information content (AvgIpc) is 3.38. The van der Waals surface area contributed by atoms with E-state index in [-0.39, 0.29) is 17.6 Å². The Bertz CT molecular complexity index is 641. The number of hydrogen-bond donors (Lipinski definition) is 0. The van der Waals surface area contributed by atoms with Crippen molar-refractivity contribution in [3.63, 3.8) is 0 Å². The summed E-state index contributed by atoms with van der Waals surface area (Å²) in [5.41, 5.74) is 1.66. The van der Waals surface area contributed by atoms with Crippen molar-refractivity contribution in [3.05, 3.63) is 65.7 Å². The second kappa shape index (κ2) is 6.69. The van der Waals surface area contributed by atoms with Crippen LogP contribution in [0, 0.1) is 11.7 Å². The maximum absolute atomic E-state index is 13.7. The van der Waals surface area contributed by atoms with Crippen molar-refractivity contribution in [2.75, 3.05) is 6.54 Å². The topological polar surface area (TPSA) is 33.2 Å². The normalized spacial score (nSPS) is 13.9. The van der Waals surface area contributed by atoms with Crippen LogP contribution >= 0.6 is 0 Å². The number of pyridine rings is 1. The van der Waals surface area contributed by atoms with E-state index in [1.807, 2.05) is 23.1 Å². The van der Waals surface area contributed by atoms with Crippen LogP contribution in [-0.4, -0.2) is 22.3 Å². The van der Waals surface area contributed by atoms with Gasteiger partial charge in [-0.3, -0.25) is 9.78 Å². The van der Waals surface area contributed by atoms with E-state index in [1.165, 1.54) is 6.07 Å². The Morgan fingerprint density at radius 3 is 2.73 bits per heavy atom. The highest BCUT2D eigenvalue weighted by Crippen LogP contribution is 2.31. The SMILES string of the molecule is O=C(C1CC1)N(CCc1ccccc1F)Cc1cccnc1. The van der Waals surface area contributed by atoms with Crippen molar-refractivity contribution < 1.29 is 9.18 Å². The molecule has 0 saturated heterocycles. The average molecular weight is 298 g/mol. The smallest absolute Gasteiger partial charge is 0.225 e. The van der Waals surface area contributed by atoms with E-state index >= 15 is 0 Å². The van der Waals surface area contributed by atoms with Crippen molar-refractivity contribution in [3.8, 4) is 0 Å². The molecular formula is C18H19FN2O. The van der Waals surface area contributed by atoms with Gasteiger partial charge in [0.25, 0.3) is 0 Å². The van der Waals surface area contributed by atoms with Gasteiger partial charge in [0.2, 0.25) is 5.91 Å². The Hall–Kier alpha value is -2.23. The summed E-state index contributed by atoms with van der Waals surface area (Å²) in [5, 5.41) is 0. The fourth-order valence-corrected chi connectivity index (χ4v) is 2.52. The van der Waals surface area contributed by atoms with E-state index in [2.05, 4.69) is 4.98 Å². The zero-order chi connectivity index (χ0) is 15.4. The molecule has 1 fully saturated rings. The van der Waals surface area contributed by atoms with Gasteiger partial charge in [-0.25, -0.2) is 4.39 Å². The molecule has 1 aliphatic carbocycles. The Labute approximate surface area is 129 Å². The van der Waals surface area contributed by atoms with E-state index in [0.29, 0.717) is 25.1 Å². The first-order chi connectivity index (χ1) is 10.7. The van der Waals surface area contributed by atoms with Crippen LogP contribution in [0.2, 0.25) is 0 Å². The van der Waals surface area contributed by atoms with E-state index in [1.54, 1.807) is 24.5 Å². The number of carbonyl (C=O) groups is 1. The summed E-state index contributed by atoms with van der Waals surface area (Å²) in [6.45, 7) is 1.07. The number of aromatic nitrogens is 1. The molecule has 22 heavy (non-hydrogen) atoms. The summed E-state index contributed by atoms with van der Waals surface area (Å²) in [6, 6.07) is 10.6. The lowest BCUT2D eigenvalue weighted by Gasteiger charge is -2.23. The first kappa shape index (κ1) is 14.7. The number of rotatable bonds is 6. The molecule has 0 radical (unpaired) electrons. The van der Waals surface area contributed by atoms with Gasteiger partial charge in [-0.15, -0.1) is 0 Å². The lowest BCUT2D eigenvalue weighted by atomic mass is 10.1. The van der Waals surface area contributed by atoms with E-state index in [4.69, 9.17) is 0 Å². The summed E-state index contributed by atoms with van der Waals surface area (Å²) in [7, 11) is 0. The minimum absolute atomic E-state index is 0.164. The Balaban J connectivity index is 1.68. The quantitative estimate of drug-likeness (QED) is 0.820. The lowest BCUT2D eigenvalue weighted by molar-refractivity contribution is -0.133. The molecule has 1 aliphatic rings. The summed E-state index contributed by atoms with van der Waals surface area (Å²) >= 11 is 0. The Kier molecular flexibility index (Phi) is 4.47. The van der Waals surface area contributed by atoms with Crippen molar-refractivity contribution in [2.45, 2.75) is 25.8 Å². The predicted octanol–water partition coefficient (Wildman–Crippen LogP) is 3.20. The largest absolute Gasteiger partial charge is 0.338 e. The van der Waals surface area contributed by atoms with Crippen LogP contribution in [0.15, 0.2) is 48.8 Å². The molecule has 4 heteroatoms. The zero-order valence-corrected chi connectivity index (χ0v) is 12.4. The van der Waals surface area contributed by atoms with Gasteiger partial charge >= 0.3 is 0 Å². The molecular weight excluding hydrogens is 279 g/mol. The fraction of sp³-hybridized carbons (Fsp3) is 0.333. The Morgan fingerprint density at radius 1 is 1.23 bits per heavy atom. The molecule has 1 heterocycles. The van der Waals surface area contributed by atoms with Gasteiger partial charge in [0.05, 0.1) is 0 Å². The highest BCUT2D eigenvalue weighted by atomic mass is 19.1. The van der Waals surface area contributed by atoms with Gasteiger partial charge in [0.1, 0.15) is 5.82 Å². The van der Waals surface area contributed by atoms with Crippen LogP contribution in [0.1, 0.15) is 24.0 Å². The molecule has 0 aliphatic heterocycles. The minimum atomic E-state index is -0.206. The van der Waals surface area contributed by atoms with E-state index in [0.717, 1.165) is 18.4 Å². The van der Waals surface area contributed by atoms with Gasteiger partial charge in [0.15, 0.2) is 0 Å². The summed E-state index contributed by atoms with van der Waals surface area (Å²) < 4.78 is 13.7. The number of carbonyl (C=O) groups excluding carboxylic acids is 1. The number of nitrogens with zero attached hydrogens (tertiary/aromatic N) is 2. The molecule has 1 aromatic carbocycles. The van der Waals surface area contributed by atoms with Gasteiger partial charge < -0.3 is 4.90 Å². The van der Waals surface area contributed by atoms with Crippen LogP contribution in [0.3, 0.4) is 0 Å². The molecule has 0 bridgehead atoms. The molecule has 3 rings (SSSR count). The molecule has 2 aromatic rings. The van der Waals surface area contributed by atoms with Crippen molar-refractivity contribution >= 4 is 5.91 Å². The van der Waals surface area contributed by atoms with Crippen molar-refractivity contribution in [1.82, 2.24) is 9.88 Å². The van der Waals surface area contributed by atoms with Gasteiger partial charge in [-0.05, 0) is 42.5 Å². The molecule has 114 valence electrons. The molecule has 1 amide bonds. The molecule has 0 atom stereocenters. The summed E-state index contributed by atoms with van der Waals surface area (Å²) in [6.07, 6.45) is 5.97. The van der Waals surface area contributed by atoms with Gasteiger partial charge in [0, 0.05) is 31.4 Å². The first-order valence-electron chi connectivity index (χ1n) is 7.65. The highest BCUT2D eigenvalue weighted by molar-refractivity contribution is 5.81. The highest BCUT2D eigenvalue weighted by Gasteiger charge is 2.33. The first-order valence-corrected chi connectivity index (χ1v) is 7.65. The maximum Gasteiger partial charge on any atom is 0.225 e. The molecule has 1 aromatic heterocycles. The van der Waals surface area contributed by atoms with Crippen molar-refractivity contribution in [1.29, 1.82) is 0 Å². The second-order valence-corrected chi connectivity index (χ2v) is 5.74. The monoisotopic (exact) mass is 298 g/mol. The van der Waals surface area contributed by atoms with Crippen LogP contribution in [0.5, 0.6) is 0 Å². The predicted molar refractivity (Wildman–Crippen MR) is 82.5 cm³/mol. The van der Waals surface area contributed by atoms with Crippen LogP contribution in [-0.2, 0) is 17.8 Å². The third-order valence-electron chi connectivity index (χ3n) is 3.94. The lowest BCUT2D eigenvalue weighted by Crippen LogP contribution is -2.33. The number of benzene rings is 1. The van der Waals surface area contributed by atoms with Crippen LogP contribution in [0.4, 0.5) is 4.39 Å². The third kappa shape index (κ3) is 3.70. The second-order valence-electron chi connectivity index (χ2n) is 5.74. The third-order valence-corrected chi connectivity index (χ3v) is 3.94. The standard InChI is InChI=1S/C18H19FN2O/c19-17-6-2-1-5-15(17)9-11-21(18(22)16-7-8-16)13-14-4-3-10-20-12-14/h1-6,10,12,16H,7-9,11,13H2. The fourth-order valence-electron chi connectivity index (χ4n) is 2.52. The minimum Gasteiger partial charge on any atom is -0.338 e. The molecule has 0 N–H and O–H groups in total. The van der Waals surface area contributed by atoms with Crippen molar-refractivity contribution in [2.24, 2.45) is 5.92 Å². The Morgan fingerprint density at radius 2 is 2.05 bits per heavy atom. The van der Waals surface area contributed by atoms with Gasteiger partial charge in [-0.1, -0.05) is 24.3 Å². The number of amides is 1. The molecule has 1 saturated carbocycles. The van der Waals surface area contributed by atoms with E-state index in [9.17, 15) is 9.18 Å². The van der Waals surface area contributed by atoms with E-state index < -0.39 is 0 Å². The molecule has 3 nitrogen and oxygen atoms in total. The van der Waals surface area contributed by atoms with Crippen LogP contribution < -0.4 is 0 Å². The van der Waals surface area contributed by atoms with Gasteiger partial charge in [-0.2, -0.15) is 0 Å². The zero-order valence-electron chi connectivity index (χ0n) is 12.4. The number of halogens is 1. The molecule has 0 spiro atoms. The number of hydrogen-bond acceptors (Lipinski definition) is 2. The maximum atomic E-state index is 13.7. The summed E-state index contributed by atoms with van der Waals surface area (Å²) in [4.78, 5) is 18.4. The summed E-state index contributed by atoms with van der Waals surface area (Å²) in [5.74, 6) is 0.139. The molecule has 0 unspecified atom stereocenters. The van der Waals surface area contributed by atoms with Crippen LogP contribution in [0.25, 0.3) is 0 Å².